The molecule has 0 heterocycles. The van der Waals surface area contributed by atoms with Crippen LogP contribution in [0.15, 0.2) is 18.2 Å². The van der Waals surface area contributed by atoms with E-state index in [-0.39, 0.29) is 16.3 Å². The first-order chi connectivity index (χ1) is 6.52. The van der Waals surface area contributed by atoms with Gasteiger partial charge in [-0.2, -0.15) is 0 Å². The summed E-state index contributed by atoms with van der Waals surface area (Å²) in [6.07, 6.45) is 0. The van der Waals surface area contributed by atoms with Gasteiger partial charge in [0.25, 0.3) is 0 Å². The lowest BCUT2D eigenvalue weighted by atomic mass is 10.2. The highest BCUT2D eigenvalue weighted by Gasteiger charge is 2.13. The molecule has 1 rings (SSSR count). The smallest absolute Gasteiger partial charge is 0.337 e. The predicted octanol–water partition coefficient (Wildman–Crippen LogP) is 1.53. The Bertz CT molecular complexity index is 392. The van der Waals surface area contributed by atoms with Crippen LogP contribution < -0.4 is 11.1 Å². The summed E-state index contributed by atoms with van der Waals surface area (Å²) in [6, 6.07) is 3.39. The fraction of sp³-hybridized carbons (Fsp3) is 0. The van der Waals surface area contributed by atoms with Crippen LogP contribution in [0.5, 0.6) is 0 Å². The largest absolute Gasteiger partial charge is 0.478 e. The number of hydrogen-bond donors (Lipinski definition) is 3. The number of para-hydroxylation sites is 1. The molecule has 5 nitrogen and oxygen atoms in total. The van der Waals surface area contributed by atoms with Crippen molar-refractivity contribution in [1.82, 2.24) is 0 Å². The fourth-order valence-electron chi connectivity index (χ4n) is 0.953. The average molecular weight is 215 g/mol. The van der Waals surface area contributed by atoms with Gasteiger partial charge in [-0.15, -0.1) is 0 Å². The molecule has 2 amide bonds. The van der Waals surface area contributed by atoms with Crippen LogP contribution in [-0.4, -0.2) is 17.1 Å². The predicted molar refractivity (Wildman–Crippen MR) is 51.6 cm³/mol. The normalized spacial score (nSPS) is 9.50. The zero-order valence-corrected chi connectivity index (χ0v) is 7.71. The highest BCUT2D eigenvalue weighted by atomic mass is 35.5. The first-order valence-corrected chi connectivity index (χ1v) is 3.98. The average Bonchev–Trinajstić information content (AvgIpc) is 2.07. The molecule has 4 N–H and O–H groups in total. The molecule has 0 bridgehead atoms. The van der Waals surface area contributed by atoms with Crippen LogP contribution in [0.2, 0.25) is 5.02 Å². The molecule has 0 atom stereocenters. The van der Waals surface area contributed by atoms with Gasteiger partial charge in [0.05, 0.1) is 16.3 Å². The minimum Gasteiger partial charge on any atom is -0.478 e. The lowest BCUT2D eigenvalue weighted by Crippen LogP contribution is -2.21. The number of nitrogens with two attached hydrogens (primary N) is 1. The fourth-order valence-corrected chi connectivity index (χ4v) is 1.17. The van der Waals surface area contributed by atoms with Gasteiger partial charge in [0.2, 0.25) is 0 Å². The van der Waals surface area contributed by atoms with Crippen molar-refractivity contribution in [3.05, 3.63) is 28.8 Å². The third-order valence-electron chi connectivity index (χ3n) is 1.49. The molecule has 74 valence electrons. The van der Waals surface area contributed by atoms with E-state index >= 15 is 0 Å². The van der Waals surface area contributed by atoms with Crippen LogP contribution in [0, 0.1) is 0 Å². The number of primary amides is 1. The van der Waals surface area contributed by atoms with Crippen LogP contribution in [0.1, 0.15) is 10.4 Å². The Hall–Kier alpha value is -1.75. The van der Waals surface area contributed by atoms with Crippen molar-refractivity contribution < 1.29 is 14.7 Å². The monoisotopic (exact) mass is 214 g/mol. The Morgan fingerprint density at radius 2 is 2.07 bits per heavy atom. The first-order valence-electron chi connectivity index (χ1n) is 3.60. The molecule has 0 saturated heterocycles. The van der Waals surface area contributed by atoms with Crippen LogP contribution in [0.25, 0.3) is 0 Å². The van der Waals surface area contributed by atoms with Gasteiger partial charge in [0.1, 0.15) is 0 Å². The van der Waals surface area contributed by atoms with Crippen molar-refractivity contribution in [2.24, 2.45) is 5.73 Å². The van der Waals surface area contributed by atoms with E-state index in [9.17, 15) is 9.59 Å². The zero-order valence-electron chi connectivity index (χ0n) is 6.95. The van der Waals surface area contributed by atoms with E-state index in [2.05, 4.69) is 5.32 Å². The second-order valence-corrected chi connectivity index (χ2v) is 2.86. The van der Waals surface area contributed by atoms with E-state index < -0.39 is 12.0 Å². The molecule has 0 aromatic heterocycles. The molecule has 0 radical (unpaired) electrons. The molecule has 0 unspecified atom stereocenters. The molecule has 0 aliphatic heterocycles. The highest BCUT2D eigenvalue weighted by Crippen LogP contribution is 2.25. The maximum Gasteiger partial charge on any atom is 0.337 e. The number of hydrogen-bond acceptors (Lipinski definition) is 2. The number of nitrogens with one attached hydrogen (secondary N) is 1. The number of rotatable bonds is 2. The van der Waals surface area contributed by atoms with Gasteiger partial charge in [-0.25, -0.2) is 9.59 Å². The van der Waals surface area contributed by atoms with E-state index in [1.54, 1.807) is 0 Å². The molecule has 0 spiro atoms. The summed E-state index contributed by atoms with van der Waals surface area (Å²) in [5.74, 6) is -1.18. The lowest BCUT2D eigenvalue weighted by molar-refractivity contribution is 0.0698. The number of carboxylic acid groups (broad SMARTS) is 1. The van der Waals surface area contributed by atoms with E-state index in [0.29, 0.717) is 0 Å². The summed E-state index contributed by atoms with van der Waals surface area (Å²) in [6.45, 7) is 0. The number of carbonyl (C=O) groups excluding carboxylic acids is 1. The van der Waals surface area contributed by atoms with Gasteiger partial charge in [-0.3, -0.25) is 0 Å². The molecule has 0 aliphatic carbocycles. The Morgan fingerprint density at radius 1 is 1.43 bits per heavy atom. The van der Waals surface area contributed by atoms with Crippen LogP contribution in [0.4, 0.5) is 10.5 Å². The Labute approximate surface area is 84.5 Å². The minimum absolute atomic E-state index is 0.00849. The number of anilines is 1. The van der Waals surface area contributed by atoms with E-state index in [1.165, 1.54) is 18.2 Å². The summed E-state index contributed by atoms with van der Waals surface area (Å²) >= 11 is 5.68. The second kappa shape index (κ2) is 3.97. The Morgan fingerprint density at radius 3 is 2.57 bits per heavy atom. The summed E-state index contributed by atoms with van der Waals surface area (Å²) in [4.78, 5) is 21.3. The molecule has 0 aliphatic rings. The van der Waals surface area contributed by atoms with Gasteiger partial charge in [0, 0.05) is 0 Å². The quantitative estimate of drug-likeness (QED) is 0.697. The molecule has 0 saturated carbocycles. The van der Waals surface area contributed by atoms with Crippen molar-refractivity contribution in [2.45, 2.75) is 0 Å². The minimum atomic E-state index is -1.18. The second-order valence-electron chi connectivity index (χ2n) is 2.46. The number of carbonyl (C=O) groups is 2. The molecule has 6 heteroatoms. The van der Waals surface area contributed by atoms with Gasteiger partial charge >= 0.3 is 12.0 Å². The molecule has 1 aromatic carbocycles. The number of urea groups is 1. The summed E-state index contributed by atoms with van der Waals surface area (Å²) in [7, 11) is 0. The van der Waals surface area contributed by atoms with Crippen molar-refractivity contribution in [2.75, 3.05) is 5.32 Å². The number of benzene rings is 1. The number of halogens is 1. The number of amides is 2. The summed E-state index contributed by atoms with van der Waals surface area (Å²) in [5, 5.41) is 11.0. The van der Waals surface area contributed by atoms with Crippen LogP contribution in [-0.2, 0) is 0 Å². The molecule has 0 fully saturated rings. The van der Waals surface area contributed by atoms with Crippen molar-refractivity contribution in [3.63, 3.8) is 0 Å². The van der Waals surface area contributed by atoms with Gasteiger partial charge in [0.15, 0.2) is 0 Å². The first kappa shape index (κ1) is 10.3. The van der Waals surface area contributed by atoms with Gasteiger partial charge in [-0.1, -0.05) is 17.7 Å². The lowest BCUT2D eigenvalue weighted by Gasteiger charge is -2.07. The summed E-state index contributed by atoms with van der Waals surface area (Å²) in [5.41, 5.74) is 4.77. The third-order valence-corrected chi connectivity index (χ3v) is 1.81. The van der Waals surface area contributed by atoms with Gasteiger partial charge < -0.3 is 16.2 Å². The zero-order chi connectivity index (χ0) is 10.7. The Kier molecular flexibility index (Phi) is 2.93. The molecular formula is C8H7ClN2O3. The molecule has 14 heavy (non-hydrogen) atoms. The van der Waals surface area contributed by atoms with Crippen LogP contribution >= 0.6 is 11.6 Å². The molecule has 1 aromatic rings. The maximum atomic E-state index is 10.7. The Balaban J connectivity index is 3.22. The SMILES string of the molecule is NC(=O)Nc1c(Cl)cccc1C(=O)O. The van der Waals surface area contributed by atoms with Gasteiger partial charge in [-0.05, 0) is 12.1 Å². The number of aromatic carboxylic acids is 1. The van der Waals surface area contributed by atoms with E-state index in [1.807, 2.05) is 0 Å². The summed E-state index contributed by atoms with van der Waals surface area (Å²) < 4.78 is 0. The standard InChI is InChI=1S/C8H7ClN2O3/c9-5-3-1-2-4(7(12)13)6(5)11-8(10)14/h1-3H,(H,12,13)(H3,10,11,14). The number of carboxylic acids is 1. The third kappa shape index (κ3) is 2.14. The van der Waals surface area contributed by atoms with Crippen molar-refractivity contribution in [3.8, 4) is 0 Å². The van der Waals surface area contributed by atoms with E-state index in [4.69, 9.17) is 22.4 Å². The van der Waals surface area contributed by atoms with Crippen molar-refractivity contribution in [1.29, 1.82) is 0 Å². The molecular weight excluding hydrogens is 208 g/mol. The topological polar surface area (TPSA) is 92.4 Å². The van der Waals surface area contributed by atoms with Crippen molar-refractivity contribution >= 4 is 29.3 Å². The van der Waals surface area contributed by atoms with Crippen LogP contribution in [0.3, 0.4) is 0 Å². The maximum absolute atomic E-state index is 10.7. The van der Waals surface area contributed by atoms with E-state index in [0.717, 1.165) is 0 Å². The highest BCUT2D eigenvalue weighted by molar-refractivity contribution is 6.34.